The molecule has 0 amide bonds. The van der Waals surface area contributed by atoms with Gasteiger partial charge in [-0.1, -0.05) is 30.3 Å². The first-order chi connectivity index (χ1) is 6.89. The molecule has 0 N–H and O–H groups in total. The number of rotatable bonds is 1. The fourth-order valence-corrected chi connectivity index (χ4v) is 2.97. The fourth-order valence-electron chi connectivity index (χ4n) is 2.97. The predicted octanol–water partition coefficient (Wildman–Crippen LogP) is 2.49. The van der Waals surface area contributed by atoms with E-state index < -0.39 is 0 Å². The maximum absolute atomic E-state index is 4.75. The highest BCUT2D eigenvalue weighted by Gasteiger charge is 2.41. The Labute approximate surface area is 85.5 Å². The lowest BCUT2D eigenvalue weighted by molar-refractivity contribution is 0.166. The third-order valence-corrected chi connectivity index (χ3v) is 3.95. The number of piperidine rings is 2. The number of nitrogens with zero attached hydrogens (tertiary/aromatic N) is 1. The minimum absolute atomic E-state index is 0.413. The molecule has 1 nitrogen and oxygen atoms in total. The molecule has 1 saturated carbocycles. The maximum atomic E-state index is 4.75. The minimum atomic E-state index is 0.413. The van der Waals surface area contributed by atoms with Gasteiger partial charge in [-0.2, -0.15) is 0 Å². The molecule has 1 radical (unpaired) electrons. The summed E-state index contributed by atoms with van der Waals surface area (Å²) in [6.07, 6.45) is 5.33. The Hall–Kier alpha value is -0.820. The first-order valence-electron chi connectivity index (χ1n) is 5.61. The van der Waals surface area contributed by atoms with Gasteiger partial charge in [0, 0.05) is 18.0 Å². The van der Waals surface area contributed by atoms with Crippen molar-refractivity contribution in [1.29, 1.82) is 0 Å². The fraction of sp³-hybridized carbons (Fsp3) is 0.538. The molecule has 0 unspecified atom stereocenters. The molecule has 0 atom stereocenters. The van der Waals surface area contributed by atoms with E-state index in [1.54, 1.807) is 0 Å². The Kier molecular flexibility index (Phi) is 1.88. The van der Waals surface area contributed by atoms with E-state index >= 15 is 0 Å². The normalized spacial score (nSPS) is 35.9. The molecule has 0 spiro atoms. The third kappa shape index (κ3) is 1.19. The zero-order valence-corrected chi connectivity index (χ0v) is 8.45. The Balaban J connectivity index is 1.96. The molecule has 73 valence electrons. The summed E-state index contributed by atoms with van der Waals surface area (Å²) >= 11 is 0. The van der Waals surface area contributed by atoms with Crippen LogP contribution >= 0.6 is 0 Å². The lowest BCUT2D eigenvalue weighted by atomic mass is 9.65. The standard InChI is InChI=1S/C13H16N/c1-2-4-11(5-3-1)13-8-6-12(7-9-13)14-10-13/h1-5,12H,6-10H2. The first-order valence-corrected chi connectivity index (χ1v) is 5.61. The molecule has 1 aliphatic carbocycles. The molecule has 2 bridgehead atoms. The quantitative estimate of drug-likeness (QED) is 0.639. The van der Waals surface area contributed by atoms with E-state index in [-0.39, 0.29) is 0 Å². The van der Waals surface area contributed by atoms with Crippen molar-refractivity contribution in [3.05, 3.63) is 35.9 Å². The Morgan fingerprint density at radius 3 is 2.36 bits per heavy atom. The largest absolute Gasteiger partial charge is 0.238 e. The molecule has 2 saturated heterocycles. The molecular formula is C13H16N. The summed E-state index contributed by atoms with van der Waals surface area (Å²) in [6.45, 7) is 1.07. The van der Waals surface area contributed by atoms with Crippen LogP contribution in [0.3, 0.4) is 0 Å². The summed E-state index contributed by atoms with van der Waals surface area (Å²) in [5.41, 5.74) is 1.93. The Morgan fingerprint density at radius 2 is 1.79 bits per heavy atom. The highest BCUT2D eigenvalue weighted by molar-refractivity contribution is 5.28. The summed E-state index contributed by atoms with van der Waals surface area (Å²) in [4.78, 5) is 0. The van der Waals surface area contributed by atoms with Crippen molar-refractivity contribution in [1.82, 2.24) is 5.32 Å². The van der Waals surface area contributed by atoms with Gasteiger partial charge < -0.3 is 0 Å². The summed E-state index contributed by atoms with van der Waals surface area (Å²) in [5, 5.41) is 4.75. The van der Waals surface area contributed by atoms with Crippen LogP contribution in [-0.4, -0.2) is 12.6 Å². The van der Waals surface area contributed by atoms with Gasteiger partial charge in [0.05, 0.1) is 0 Å². The first kappa shape index (κ1) is 8.49. The molecule has 3 aliphatic rings. The summed E-state index contributed by atoms with van der Waals surface area (Å²) in [7, 11) is 0. The molecular weight excluding hydrogens is 170 g/mol. The van der Waals surface area contributed by atoms with E-state index in [1.165, 1.54) is 31.2 Å². The average Bonchev–Trinajstić information content (AvgIpc) is 2.33. The molecule has 14 heavy (non-hydrogen) atoms. The van der Waals surface area contributed by atoms with E-state index in [2.05, 4.69) is 30.3 Å². The molecule has 2 aliphatic heterocycles. The number of benzene rings is 1. The second kappa shape index (κ2) is 3.09. The van der Waals surface area contributed by atoms with Crippen LogP contribution in [0.1, 0.15) is 31.2 Å². The van der Waals surface area contributed by atoms with Gasteiger partial charge in [-0.25, -0.2) is 5.32 Å². The summed E-state index contributed by atoms with van der Waals surface area (Å²) in [5.74, 6) is 0. The number of hydrogen-bond donors (Lipinski definition) is 0. The van der Waals surface area contributed by atoms with Gasteiger partial charge in [0.1, 0.15) is 0 Å². The zero-order chi connectivity index (χ0) is 9.43. The number of fused-ring (bicyclic) bond motifs is 3. The van der Waals surface area contributed by atoms with Crippen LogP contribution in [-0.2, 0) is 5.41 Å². The highest BCUT2D eigenvalue weighted by Crippen LogP contribution is 2.43. The minimum Gasteiger partial charge on any atom is -0.238 e. The molecule has 1 aromatic carbocycles. The summed E-state index contributed by atoms with van der Waals surface area (Å²) in [6, 6.07) is 11.7. The Morgan fingerprint density at radius 1 is 1.07 bits per heavy atom. The van der Waals surface area contributed by atoms with Crippen LogP contribution in [0.5, 0.6) is 0 Å². The smallest absolute Gasteiger partial charge is 0.0247 e. The summed E-state index contributed by atoms with van der Waals surface area (Å²) < 4.78 is 0. The second-order valence-corrected chi connectivity index (χ2v) is 4.72. The van der Waals surface area contributed by atoms with Crippen LogP contribution < -0.4 is 5.32 Å². The lowest BCUT2D eigenvalue weighted by Gasteiger charge is -2.46. The molecule has 4 rings (SSSR count). The van der Waals surface area contributed by atoms with Crippen LogP contribution in [0.25, 0.3) is 0 Å². The van der Waals surface area contributed by atoms with Crippen molar-refractivity contribution < 1.29 is 0 Å². The van der Waals surface area contributed by atoms with Crippen molar-refractivity contribution in [2.75, 3.05) is 6.54 Å². The van der Waals surface area contributed by atoms with Crippen molar-refractivity contribution in [3.63, 3.8) is 0 Å². The van der Waals surface area contributed by atoms with Crippen molar-refractivity contribution in [3.8, 4) is 0 Å². The Bertz CT molecular complexity index is 295. The van der Waals surface area contributed by atoms with Gasteiger partial charge in [0.2, 0.25) is 0 Å². The van der Waals surface area contributed by atoms with Crippen LogP contribution in [0.15, 0.2) is 30.3 Å². The molecule has 3 fully saturated rings. The predicted molar refractivity (Wildman–Crippen MR) is 57.4 cm³/mol. The number of hydrogen-bond acceptors (Lipinski definition) is 0. The van der Waals surface area contributed by atoms with Gasteiger partial charge >= 0.3 is 0 Å². The van der Waals surface area contributed by atoms with Gasteiger partial charge in [0.15, 0.2) is 0 Å². The van der Waals surface area contributed by atoms with Crippen LogP contribution in [0, 0.1) is 0 Å². The third-order valence-electron chi connectivity index (χ3n) is 3.95. The molecule has 1 heteroatoms. The van der Waals surface area contributed by atoms with Crippen molar-refractivity contribution >= 4 is 0 Å². The molecule has 0 aromatic heterocycles. The highest BCUT2D eigenvalue weighted by atomic mass is 15.0. The van der Waals surface area contributed by atoms with E-state index in [9.17, 15) is 0 Å². The van der Waals surface area contributed by atoms with Gasteiger partial charge in [-0.15, -0.1) is 0 Å². The maximum Gasteiger partial charge on any atom is 0.0247 e. The molecule has 1 aromatic rings. The second-order valence-electron chi connectivity index (χ2n) is 4.72. The lowest BCUT2D eigenvalue weighted by Crippen LogP contribution is -2.50. The van der Waals surface area contributed by atoms with Gasteiger partial charge in [-0.05, 0) is 31.2 Å². The van der Waals surface area contributed by atoms with E-state index in [4.69, 9.17) is 5.32 Å². The SMILES string of the molecule is c1ccc(C23CCC(CC2)[N]C3)cc1. The van der Waals surface area contributed by atoms with Crippen LogP contribution in [0.2, 0.25) is 0 Å². The van der Waals surface area contributed by atoms with Gasteiger partial charge in [-0.3, -0.25) is 0 Å². The van der Waals surface area contributed by atoms with E-state index in [1.807, 2.05) is 0 Å². The van der Waals surface area contributed by atoms with E-state index in [0.717, 1.165) is 6.54 Å². The van der Waals surface area contributed by atoms with Crippen molar-refractivity contribution in [2.45, 2.75) is 37.1 Å². The topological polar surface area (TPSA) is 14.1 Å². The van der Waals surface area contributed by atoms with Crippen LogP contribution in [0.4, 0.5) is 0 Å². The zero-order valence-electron chi connectivity index (χ0n) is 8.45. The average molecular weight is 186 g/mol. The van der Waals surface area contributed by atoms with E-state index in [0.29, 0.717) is 11.5 Å². The van der Waals surface area contributed by atoms with Gasteiger partial charge in [0.25, 0.3) is 0 Å². The monoisotopic (exact) mass is 186 g/mol. The molecule has 2 heterocycles. The van der Waals surface area contributed by atoms with Crippen molar-refractivity contribution in [2.24, 2.45) is 0 Å².